The van der Waals surface area contributed by atoms with E-state index >= 15 is 0 Å². The molecule has 120 valence electrons. The largest absolute Gasteiger partial charge is 0.506 e. The van der Waals surface area contributed by atoms with E-state index in [4.69, 9.17) is 4.74 Å². The highest BCUT2D eigenvalue weighted by Gasteiger charge is 2.39. The molecule has 0 bridgehead atoms. The summed E-state index contributed by atoms with van der Waals surface area (Å²) < 4.78 is 46.0. The summed E-state index contributed by atoms with van der Waals surface area (Å²) >= 11 is 0. The number of rotatable bonds is 2. The van der Waals surface area contributed by atoms with E-state index in [1.807, 2.05) is 0 Å². The average molecular weight is 330 g/mol. The fraction of sp³-hybridized carbons (Fsp3) is 0.462. The van der Waals surface area contributed by atoms with Crippen LogP contribution in [0.3, 0.4) is 0 Å². The number of phenolic OH excluding ortho intramolecular Hbond substituents is 1. The lowest BCUT2D eigenvalue weighted by Crippen LogP contribution is -2.31. The van der Waals surface area contributed by atoms with Gasteiger partial charge in [0.05, 0.1) is 6.10 Å². The molecule has 0 spiro atoms. The van der Waals surface area contributed by atoms with E-state index in [0.717, 1.165) is 0 Å². The maximum atomic E-state index is 14.8. The Morgan fingerprint density at radius 1 is 1.50 bits per heavy atom. The Hall–Kier alpha value is -1.87. The summed E-state index contributed by atoms with van der Waals surface area (Å²) in [7, 11) is -2.65. The maximum Gasteiger partial charge on any atom is 0.326 e. The molecule has 9 heteroatoms. The van der Waals surface area contributed by atoms with Gasteiger partial charge in [-0.2, -0.15) is 8.42 Å². The summed E-state index contributed by atoms with van der Waals surface area (Å²) in [6.07, 6.45) is 1.36. The second-order valence-corrected chi connectivity index (χ2v) is 6.93. The topological polar surface area (TPSA) is 95.9 Å². The molecule has 1 fully saturated rings. The third kappa shape index (κ3) is 2.30. The summed E-state index contributed by atoms with van der Waals surface area (Å²) in [5, 5.41) is 10.0. The van der Waals surface area contributed by atoms with Crippen LogP contribution in [0.5, 0.6) is 5.75 Å². The Balaban J connectivity index is 2.12. The summed E-state index contributed by atoms with van der Waals surface area (Å²) in [4.78, 5) is 11.3. The van der Waals surface area contributed by atoms with Crippen LogP contribution in [-0.2, 0) is 32.6 Å². The number of anilines is 1. The number of benzene rings is 1. The fourth-order valence-corrected chi connectivity index (χ4v) is 4.05. The lowest BCUT2D eigenvalue weighted by molar-refractivity contribution is -0.117. The second kappa shape index (κ2) is 5.10. The number of hydrogen-bond donors (Lipinski definition) is 2. The molecule has 0 saturated carbocycles. The zero-order chi connectivity index (χ0) is 16.1. The smallest absolute Gasteiger partial charge is 0.326 e. The number of nitrogens with zero attached hydrogens (tertiary/aromatic N) is 1. The number of amides is 1. The molecule has 0 aromatic heterocycles. The van der Waals surface area contributed by atoms with Crippen molar-refractivity contribution in [3.8, 4) is 5.75 Å². The minimum atomic E-state index is -4.18. The highest BCUT2D eigenvalue weighted by Crippen LogP contribution is 2.39. The Morgan fingerprint density at radius 2 is 2.23 bits per heavy atom. The van der Waals surface area contributed by atoms with Crippen LogP contribution < -0.4 is 9.03 Å². The van der Waals surface area contributed by atoms with Gasteiger partial charge in [-0.1, -0.05) is 0 Å². The first-order valence-corrected chi connectivity index (χ1v) is 8.17. The van der Waals surface area contributed by atoms with Gasteiger partial charge >= 0.3 is 10.2 Å². The summed E-state index contributed by atoms with van der Waals surface area (Å²) in [5.74, 6) is -2.09. The Bertz CT molecular complexity index is 749. The lowest BCUT2D eigenvalue weighted by atomic mass is 9.88. The number of fused-ring (bicyclic) bond motifs is 1. The number of aryl methyl sites for hydroxylation is 1. The lowest BCUT2D eigenvalue weighted by Gasteiger charge is -2.27. The summed E-state index contributed by atoms with van der Waals surface area (Å²) in [6.45, 7) is -0.556. The number of halogens is 1. The minimum Gasteiger partial charge on any atom is -0.506 e. The predicted octanol–water partition coefficient (Wildman–Crippen LogP) is 0.216. The van der Waals surface area contributed by atoms with Gasteiger partial charge in [-0.3, -0.25) is 4.79 Å². The highest BCUT2D eigenvalue weighted by molar-refractivity contribution is 7.92. The van der Waals surface area contributed by atoms with Crippen LogP contribution in [0.2, 0.25) is 0 Å². The molecule has 2 N–H and O–H groups in total. The SMILES string of the molecule is CO[C@@H]1CCc2cc(O)c(N3CC(=O)NS3(=O)=O)c(F)c2C1. The van der Waals surface area contributed by atoms with Gasteiger partial charge in [-0.25, -0.2) is 13.4 Å². The van der Waals surface area contributed by atoms with Gasteiger partial charge < -0.3 is 9.84 Å². The first-order chi connectivity index (χ1) is 10.3. The fourth-order valence-electron chi connectivity index (χ4n) is 2.89. The maximum absolute atomic E-state index is 14.8. The first kappa shape index (κ1) is 15.0. The zero-order valence-corrected chi connectivity index (χ0v) is 12.6. The average Bonchev–Trinajstić information content (AvgIpc) is 2.71. The normalized spacial score (nSPS) is 23.3. The van der Waals surface area contributed by atoms with Crippen molar-refractivity contribution < 1.29 is 27.4 Å². The quantitative estimate of drug-likeness (QED) is 0.808. The van der Waals surface area contributed by atoms with Gasteiger partial charge in [0, 0.05) is 13.5 Å². The minimum absolute atomic E-state index is 0.158. The van der Waals surface area contributed by atoms with E-state index in [1.54, 1.807) is 4.72 Å². The molecule has 1 amide bonds. The highest BCUT2D eigenvalue weighted by atomic mass is 32.2. The molecule has 0 radical (unpaired) electrons. The van der Waals surface area contributed by atoms with Crippen molar-refractivity contribution in [2.75, 3.05) is 18.0 Å². The molecule has 3 rings (SSSR count). The number of nitrogens with one attached hydrogen (secondary N) is 1. The molecule has 7 nitrogen and oxygen atoms in total. The number of aromatic hydroxyl groups is 1. The van der Waals surface area contributed by atoms with Crippen LogP contribution in [-0.4, -0.2) is 39.2 Å². The van der Waals surface area contributed by atoms with E-state index in [2.05, 4.69) is 0 Å². The summed E-state index contributed by atoms with van der Waals surface area (Å²) in [6, 6.07) is 1.36. The van der Waals surface area contributed by atoms with Crippen LogP contribution in [0.1, 0.15) is 17.5 Å². The molecular formula is C13H15FN2O5S. The van der Waals surface area contributed by atoms with Crippen LogP contribution in [0, 0.1) is 5.82 Å². The van der Waals surface area contributed by atoms with E-state index in [1.165, 1.54) is 13.2 Å². The Kier molecular flexibility index (Phi) is 3.48. The third-order valence-corrected chi connectivity index (χ3v) is 5.36. The summed E-state index contributed by atoms with van der Waals surface area (Å²) in [5.41, 5.74) is 0.456. The monoisotopic (exact) mass is 330 g/mol. The van der Waals surface area contributed by atoms with Gasteiger partial charge in [0.15, 0.2) is 5.82 Å². The van der Waals surface area contributed by atoms with E-state index in [-0.39, 0.29) is 6.10 Å². The number of carbonyl (C=O) groups excluding carboxylic acids is 1. The standard InChI is InChI=1S/C13H15FN2O5S/c1-21-8-3-2-7-4-10(17)13(12(14)9(7)5-8)16-6-11(18)15-22(16,19)20/h4,8,17H,2-3,5-6H2,1H3,(H,15,18)/t8-/m1/s1. The predicted molar refractivity (Wildman–Crippen MR) is 75.3 cm³/mol. The molecular weight excluding hydrogens is 315 g/mol. The van der Waals surface area contributed by atoms with Crippen molar-refractivity contribution >= 4 is 21.8 Å². The van der Waals surface area contributed by atoms with Crippen LogP contribution in [0.15, 0.2) is 6.07 Å². The van der Waals surface area contributed by atoms with Gasteiger partial charge in [-0.05, 0) is 30.0 Å². The molecule has 1 aromatic carbocycles. The van der Waals surface area contributed by atoms with E-state index in [9.17, 15) is 22.7 Å². The number of ether oxygens (including phenoxy) is 1. The first-order valence-electron chi connectivity index (χ1n) is 6.73. The Morgan fingerprint density at radius 3 is 2.82 bits per heavy atom. The van der Waals surface area contributed by atoms with Gasteiger partial charge in [0.1, 0.15) is 18.0 Å². The van der Waals surface area contributed by atoms with Crippen molar-refractivity contribution in [2.45, 2.75) is 25.4 Å². The van der Waals surface area contributed by atoms with Crippen molar-refractivity contribution in [2.24, 2.45) is 0 Å². The molecule has 1 saturated heterocycles. The number of phenols is 1. The molecule has 1 aliphatic carbocycles. The third-order valence-electron chi connectivity index (χ3n) is 3.98. The molecule has 2 aliphatic rings. The van der Waals surface area contributed by atoms with E-state index in [0.29, 0.717) is 34.7 Å². The van der Waals surface area contributed by atoms with Gasteiger partial charge in [0.2, 0.25) is 0 Å². The van der Waals surface area contributed by atoms with E-state index < -0.39 is 39.9 Å². The molecule has 1 aliphatic heterocycles. The van der Waals surface area contributed by atoms with Crippen molar-refractivity contribution in [3.05, 3.63) is 23.0 Å². The van der Waals surface area contributed by atoms with Crippen molar-refractivity contribution in [3.63, 3.8) is 0 Å². The molecule has 22 heavy (non-hydrogen) atoms. The zero-order valence-electron chi connectivity index (χ0n) is 11.8. The molecule has 1 aromatic rings. The Labute approximate surface area is 126 Å². The second-order valence-electron chi connectivity index (χ2n) is 5.33. The van der Waals surface area contributed by atoms with Crippen molar-refractivity contribution in [1.82, 2.24) is 4.72 Å². The van der Waals surface area contributed by atoms with Crippen LogP contribution in [0.4, 0.5) is 10.1 Å². The number of methoxy groups -OCH3 is 1. The van der Waals surface area contributed by atoms with Gasteiger partial charge in [-0.15, -0.1) is 0 Å². The van der Waals surface area contributed by atoms with Crippen molar-refractivity contribution in [1.29, 1.82) is 0 Å². The van der Waals surface area contributed by atoms with Crippen LogP contribution >= 0.6 is 0 Å². The van der Waals surface area contributed by atoms with Crippen LogP contribution in [0.25, 0.3) is 0 Å². The number of hydrogen-bond acceptors (Lipinski definition) is 5. The molecule has 1 atom stereocenters. The molecule has 0 unspecified atom stereocenters. The molecule has 1 heterocycles. The number of carbonyl (C=O) groups is 1. The van der Waals surface area contributed by atoms with Gasteiger partial charge in [0.25, 0.3) is 5.91 Å².